The Morgan fingerprint density at radius 1 is 0.523 bits per heavy atom. The van der Waals surface area contributed by atoms with E-state index in [2.05, 4.69) is 89.5 Å². The van der Waals surface area contributed by atoms with Crippen LogP contribution in [0.5, 0.6) is 0 Å². The van der Waals surface area contributed by atoms with Gasteiger partial charge >= 0.3 is 0 Å². The van der Waals surface area contributed by atoms with E-state index in [1.807, 2.05) is 62.6 Å². The Hall–Kier alpha value is -4.46. The maximum atomic E-state index is 4.99. The van der Waals surface area contributed by atoms with Crippen LogP contribution in [0.4, 0.5) is 11.6 Å². The van der Waals surface area contributed by atoms with E-state index in [1.54, 1.807) is 0 Å². The van der Waals surface area contributed by atoms with Gasteiger partial charge in [-0.05, 0) is 99.6 Å². The minimum absolute atomic E-state index is 0.211. The molecule has 0 fully saturated rings. The molecule has 0 radical (unpaired) electrons. The number of hydrogen-bond acceptors (Lipinski definition) is 8. The normalized spacial score (nSPS) is 19.6. The number of nitrogens with zero attached hydrogens (tertiary/aromatic N) is 8. The van der Waals surface area contributed by atoms with Gasteiger partial charge in [0.2, 0.25) is 0 Å². The number of amidine groups is 2. The zero-order valence-electron chi connectivity index (χ0n) is 27.5. The molecule has 2 aliphatic heterocycles. The quantitative estimate of drug-likeness (QED) is 0.237. The topological polar surface area (TPSA) is 82.8 Å². The molecule has 226 valence electrons. The summed E-state index contributed by atoms with van der Waals surface area (Å²) in [6, 6.07) is 20.4. The summed E-state index contributed by atoms with van der Waals surface area (Å²) in [5, 5.41) is 0. The van der Waals surface area contributed by atoms with Gasteiger partial charge in [-0.1, -0.05) is 30.3 Å². The molecule has 1 aromatic carbocycles. The van der Waals surface area contributed by atoms with Crippen LogP contribution in [0.1, 0.15) is 69.2 Å². The van der Waals surface area contributed by atoms with Crippen LogP contribution < -0.4 is 9.80 Å². The second kappa shape index (κ2) is 10.0. The molecule has 5 heterocycles. The van der Waals surface area contributed by atoms with Crippen molar-refractivity contribution in [2.45, 2.75) is 91.4 Å². The van der Waals surface area contributed by atoms with Gasteiger partial charge in [0, 0.05) is 29.1 Å². The highest BCUT2D eigenvalue weighted by Gasteiger charge is 2.49. The van der Waals surface area contributed by atoms with E-state index < -0.39 is 0 Å². The van der Waals surface area contributed by atoms with Crippen molar-refractivity contribution >= 4 is 23.3 Å². The molecule has 0 atom stereocenters. The lowest BCUT2D eigenvalue weighted by Crippen LogP contribution is -2.53. The molecular weight excluding hydrogens is 544 g/mol. The van der Waals surface area contributed by atoms with E-state index in [0.29, 0.717) is 5.82 Å². The summed E-state index contributed by atoms with van der Waals surface area (Å²) in [4.78, 5) is 34.0. The SMILES string of the molecule is CC1=NC(C)(C)C(C)(C)N1c1ccc(-c2cc(-c3ccc(N4C(C)=NC(C)(C)C4(C)C)nc3)nc(-c3ccccc3)n2)cn1. The van der Waals surface area contributed by atoms with Gasteiger partial charge in [0.15, 0.2) is 5.82 Å². The van der Waals surface area contributed by atoms with E-state index in [0.717, 1.165) is 51.4 Å². The molecule has 8 nitrogen and oxygen atoms in total. The third-order valence-electron chi connectivity index (χ3n) is 9.95. The molecule has 0 amide bonds. The highest BCUT2D eigenvalue weighted by atomic mass is 15.4. The van der Waals surface area contributed by atoms with Gasteiger partial charge in [0.05, 0.1) is 33.5 Å². The average molecular weight is 587 g/mol. The van der Waals surface area contributed by atoms with Gasteiger partial charge in [-0.15, -0.1) is 0 Å². The van der Waals surface area contributed by atoms with Crippen LogP contribution in [0.25, 0.3) is 33.9 Å². The van der Waals surface area contributed by atoms with Crippen LogP contribution in [0.15, 0.2) is 83.0 Å². The molecule has 3 aromatic heterocycles. The zero-order valence-corrected chi connectivity index (χ0v) is 27.5. The molecule has 4 aromatic rings. The van der Waals surface area contributed by atoms with E-state index in [1.165, 1.54) is 0 Å². The molecule has 0 unspecified atom stereocenters. The summed E-state index contributed by atoms with van der Waals surface area (Å²) < 4.78 is 0. The Balaban J connectivity index is 1.38. The average Bonchev–Trinajstić information content (AvgIpc) is 3.25. The standard InChI is InChI=1S/C36H42N8/c1-23-41-33(3,4)35(7,8)43(23)30-18-16-26(21-37-30)28-20-29(40-32(39-28)25-14-12-11-13-15-25)27-17-19-31(38-22-27)44-24(2)42-34(5,6)36(44,9)10/h11-22H,1-10H3. The van der Waals surface area contributed by atoms with Crippen LogP contribution in [-0.2, 0) is 0 Å². The van der Waals surface area contributed by atoms with E-state index >= 15 is 0 Å². The lowest BCUT2D eigenvalue weighted by Gasteiger charge is -2.40. The maximum absolute atomic E-state index is 4.99. The predicted molar refractivity (Wildman–Crippen MR) is 181 cm³/mol. The van der Waals surface area contributed by atoms with Gasteiger partial charge in [0.25, 0.3) is 0 Å². The summed E-state index contributed by atoms with van der Waals surface area (Å²) in [5.41, 5.74) is 3.51. The molecule has 44 heavy (non-hydrogen) atoms. The van der Waals surface area contributed by atoms with Crippen LogP contribution >= 0.6 is 0 Å². The summed E-state index contributed by atoms with van der Waals surface area (Å²) in [6.07, 6.45) is 3.79. The van der Waals surface area contributed by atoms with Gasteiger partial charge in [-0.2, -0.15) is 0 Å². The third-order valence-corrected chi connectivity index (χ3v) is 9.95. The predicted octanol–water partition coefficient (Wildman–Crippen LogP) is 7.86. The Morgan fingerprint density at radius 3 is 1.30 bits per heavy atom. The fourth-order valence-electron chi connectivity index (χ4n) is 6.24. The van der Waals surface area contributed by atoms with Crippen LogP contribution in [-0.4, -0.2) is 53.8 Å². The first kappa shape index (κ1) is 29.6. The first-order chi connectivity index (χ1) is 20.6. The first-order valence-corrected chi connectivity index (χ1v) is 15.2. The Kier molecular flexibility index (Phi) is 6.76. The fourth-order valence-corrected chi connectivity index (χ4v) is 6.24. The maximum Gasteiger partial charge on any atom is 0.160 e. The van der Waals surface area contributed by atoms with Crippen LogP contribution in [0.3, 0.4) is 0 Å². The van der Waals surface area contributed by atoms with E-state index in [4.69, 9.17) is 29.9 Å². The first-order valence-electron chi connectivity index (χ1n) is 15.2. The van der Waals surface area contributed by atoms with Gasteiger partial charge in [0.1, 0.15) is 23.3 Å². The van der Waals surface area contributed by atoms with Crippen molar-refractivity contribution in [2.24, 2.45) is 9.98 Å². The van der Waals surface area contributed by atoms with Crippen molar-refractivity contribution in [1.29, 1.82) is 0 Å². The number of rotatable bonds is 5. The summed E-state index contributed by atoms with van der Waals surface area (Å²) in [6.45, 7) is 21.6. The number of benzene rings is 1. The number of hydrogen-bond donors (Lipinski definition) is 0. The molecular formula is C36H42N8. The van der Waals surface area contributed by atoms with Crippen molar-refractivity contribution < 1.29 is 0 Å². The zero-order chi connectivity index (χ0) is 31.7. The third kappa shape index (κ3) is 4.68. The fraction of sp³-hybridized carbons (Fsp3) is 0.389. The second-order valence-corrected chi connectivity index (χ2v) is 13.9. The van der Waals surface area contributed by atoms with Gasteiger partial charge in [-0.3, -0.25) is 9.98 Å². The molecule has 8 heteroatoms. The number of anilines is 2. The van der Waals surface area contributed by atoms with Crippen molar-refractivity contribution in [3.63, 3.8) is 0 Å². The minimum atomic E-state index is -0.223. The highest BCUT2D eigenvalue weighted by molar-refractivity contribution is 6.00. The molecule has 0 N–H and O–H groups in total. The van der Waals surface area contributed by atoms with Gasteiger partial charge < -0.3 is 9.80 Å². The molecule has 0 saturated carbocycles. The van der Waals surface area contributed by atoms with Gasteiger partial charge in [-0.25, -0.2) is 19.9 Å². The summed E-state index contributed by atoms with van der Waals surface area (Å²) in [5.74, 6) is 4.33. The summed E-state index contributed by atoms with van der Waals surface area (Å²) >= 11 is 0. The monoisotopic (exact) mass is 586 g/mol. The van der Waals surface area contributed by atoms with E-state index in [9.17, 15) is 0 Å². The molecule has 6 rings (SSSR count). The van der Waals surface area contributed by atoms with Crippen LogP contribution in [0.2, 0.25) is 0 Å². The lowest BCUT2D eigenvalue weighted by molar-refractivity contribution is 0.337. The largest absolute Gasteiger partial charge is 0.307 e. The second-order valence-electron chi connectivity index (χ2n) is 13.9. The molecule has 0 aliphatic carbocycles. The van der Waals surface area contributed by atoms with E-state index in [-0.39, 0.29) is 22.2 Å². The molecule has 2 aliphatic rings. The Morgan fingerprint density at radius 2 is 0.955 bits per heavy atom. The molecule has 0 saturated heterocycles. The lowest BCUT2D eigenvalue weighted by atomic mass is 9.83. The highest BCUT2D eigenvalue weighted by Crippen LogP contribution is 2.41. The van der Waals surface area contributed by atoms with Crippen LogP contribution in [0, 0.1) is 0 Å². The number of aliphatic imine (C=N–C) groups is 2. The Labute approximate surface area is 261 Å². The smallest absolute Gasteiger partial charge is 0.160 e. The summed E-state index contributed by atoms with van der Waals surface area (Å²) in [7, 11) is 0. The Bertz CT molecular complexity index is 1660. The minimum Gasteiger partial charge on any atom is -0.307 e. The number of aromatic nitrogens is 4. The van der Waals surface area contributed by atoms with Crippen molar-refractivity contribution in [2.75, 3.05) is 9.80 Å². The molecule has 0 bridgehead atoms. The van der Waals surface area contributed by atoms with Crippen molar-refractivity contribution in [3.8, 4) is 33.9 Å². The van der Waals surface area contributed by atoms with Crippen molar-refractivity contribution in [3.05, 3.63) is 73.1 Å². The van der Waals surface area contributed by atoms with Crippen molar-refractivity contribution in [1.82, 2.24) is 19.9 Å². The molecule has 0 spiro atoms. The number of pyridine rings is 2.